The molecule has 0 spiro atoms. The minimum absolute atomic E-state index is 0.213. The monoisotopic (exact) mass is 387 g/mol. The van der Waals surface area contributed by atoms with Gasteiger partial charge in [-0.2, -0.15) is 0 Å². The standard InChI is InChI=1S/C22H29NO5/c1-13-10-14(2)15(3)19(11-13)28-16(4)22(24)23-12-17-8-9-18(25-5)21(27-7)20(17)26-6/h8-11,16H,12H2,1-7H3,(H,23,24). The molecular weight excluding hydrogens is 358 g/mol. The lowest BCUT2D eigenvalue weighted by molar-refractivity contribution is -0.127. The number of nitrogens with one attached hydrogen (secondary N) is 1. The second-order valence-corrected chi connectivity index (χ2v) is 6.68. The molecule has 0 saturated heterocycles. The zero-order chi connectivity index (χ0) is 20.8. The molecule has 6 nitrogen and oxygen atoms in total. The summed E-state index contributed by atoms with van der Waals surface area (Å²) in [5, 5.41) is 2.89. The molecule has 1 unspecified atom stereocenters. The lowest BCUT2D eigenvalue weighted by atomic mass is 10.1. The molecule has 152 valence electrons. The van der Waals surface area contributed by atoms with Gasteiger partial charge in [0.1, 0.15) is 5.75 Å². The van der Waals surface area contributed by atoms with Crippen LogP contribution in [0.2, 0.25) is 0 Å². The van der Waals surface area contributed by atoms with Crippen molar-refractivity contribution in [1.29, 1.82) is 0 Å². The molecule has 1 N–H and O–H groups in total. The smallest absolute Gasteiger partial charge is 0.261 e. The van der Waals surface area contributed by atoms with Crippen molar-refractivity contribution in [3.8, 4) is 23.0 Å². The largest absolute Gasteiger partial charge is 0.493 e. The number of amides is 1. The zero-order valence-electron chi connectivity index (χ0n) is 17.6. The predicted octanol–water partition coefficient (Wildman–Crippen LogP) is 3.72. The molecule has 2 rings (SSSR count). The Bertz CT molecular complexity index is 847. The highest BCUT2D eigenvalue weighted by molar-refractivity contribution is 5.80. The first kappa shape index (κ1) is 21.4. The first-order valence-corrected chi connectivity index (χ1v) is 9.12. The van der Waals surface area contributed by atoms with Gasteiger partial charge in [-0.15, -0.1) is 0 Å². The number of carbonyl (C=O) groups is 1. The predicted molar refractivity (Wildman–Crippen MR) is 109 cm³/mol. The first-order valence-electron chi connectivity index (χ1n) is 9.12. The van der Waals surface area contributed by atoms with E-state index in [4.69, 9.17) is 18.9 Å². The van der Waals surface area contributed by atoms with Gasteiger partial charge in [0.2, 0.25) is 5.75 Å². The van der Waals surface area contributed by atoms with E-state index in [1.165, 1.54) is 0 Å². The van der Waals surface area contributed by atoms with Gasteiger partial charge in [-0.3, -0.25) is 4.79 Å². The molecule has 1 atom stereocenters. The number of benzene rings is 2. The Hall–Kier alpha value is -2.89. The lowest BCUT2D eigenvalue weighted by Crippen LogP contribution is -2.36. The lowest BCUT2D eigenvalue weighted by Gasteiger charge is -2.19. The van der Waals surface area contributed by atoms with Crippen LogP contribution >= 0.6 is 0 Å². The summed E-state index contributed by atoms with van der Waals surface area (Å²) in [6.07, 6.45) is -0.633. The normalized spacial score (nSPS) is 11.5. The van der Waals surface area contributed by atoms with E-state index in [-0.39, 0.29) is 12.5 Å². The van der Waals surface area contributed by atoms with E-state index in [0.717, 1.165) is 28.0 Å². The number of carbonyl (C=O) groups excluding carboxylic acids is 1. The molecular formula is C22H29NO5. The van der Waals surface area contributed by atoms with Crippen molar-refractivity contribution in [2.24, 2.45) is 0 Å². The van der Waals surface area contributed by atoms with Crippen molar-refractivity contribution in [2.75, 3.05) is 21.3 Å². The summed E-state index contributed by atoms with van der Waals surface area (Å²) in [4.78, 5) is 12.5. The second kappa shape index (κ2) is 9.35. The van der Waals surface area contributed by atoms with Crippen molar-refractivity contribution < 1.29 is 23.7 Å². The Morgan fingerprint density at radius 1 is 0.964 bits per heavy atom. The number of hydrogen-bond donors (Lipinski definition) is 1. The Balaban J connectivity index is 2.10. The number of ether oxygens (including phenoxy) is 4. The van der Waals surface area contributed by atoms with Gasteiger partial charge in [0.15, 0.2) is 17.6 Å². The van der Waals surface area contributed by atoms with Gasteiger partial charge in [-0.25, -0.2) is 0 Å². The highest BCUT2D eigenvalue weighted by atomic mass is 16.5. The Kier molecular flexibility index (Phi) is 7.15. The number of methoxy groups -OCH3 is 3. The third-order valence-electron chi connectivity index (χ3n) is 4.68. The average Bonchev–Trinajstić information content (AvgIpc) is 2.68. The van der Waals surface area contributed by atoms with Crippen LogP contribution < -0.4 is 24.3 Å². The van der Waals surface area contributed by atoms with Gasteiger partial charge in [-0.1, -0.05) is 6.07 Å². The van der Waals surface area contributed by atoms with Crippen molar-refractivity contribution in [3.63, 3.8) is 0 Å². The van der Waals surface area contributed by atoms with E-state index in [0.29, 0.717) is 17.2 Å². The Labute approximate surface area is 166 Å². The minimum atomic E-state index is -0.633. The molecule has 1 amide bonds. The van der Waals surface area contributed by atoms with Crippen molar-refractivity contribution in [3.05, 3.63) is 46.5 Å². The fourth-order valence-electron chi connectivity index (χ4n) is 3.00. The molecule has 6 heteroatoms. The molecule has 2 aromatic carbocycles. The SMILES string of the molecule is COc1ccc(CNC(=O)C(C)Oc2cc(C)cc(C)c2C)c(OC)c1OC. The molecule has 0 heterocycles. The van der Waals surface area contributed by atoms with Gasteiger partial charge < -0.3 is 24.3 Å². The maximum Gasteiger partial charge on any atom is 0.261 e. The zero-order valence-corrected chi connectivity index (χ0v) is 17.6. The molecule has 28 heavy (non-hydrogen) atoms. The first-order chi connectivity index (χ1) is 13.3. The van der Waals surface area contributed by atoms with Crippen molar-refractivity contribution in [2.45, 2.75) is 40.3 Å². The van der Waals surface area contributed by atoms with E-state index in [1.54, 1.807) is 34.3 Å². The summed E-state index contributed by atoms with van der Waals surface area (Å²) in [5.74, 6) is 2.10. The minimum Gasteiger partial charge on any atom is -0.493 e. The summed E-state index contributed by atoms with van der Waals surface area (Å²) in [6.45, 7) is 8.04. The highest BCUT2D eigenvalue weighted by Gasteiger charge is 2.19. The summed E-state index contributed by atoms with van der Waals surface area (Å²) in [6, 6.07) is 7.65. The van der Waals surface area contributed by atoms with Crippen LogP contribution in [0.25, 0.3) is 0 Å². The molecule has 0 aliphatic rings. The summed E-state index contributed by atoms with van der Waals surface area (Å²) in [5.41, 5.74) is 4.05. The van der Waals surface area contributed by atoms with Gasteiger partial charge in [0.25, 0.3) is 5.91 Å². The maximum absolute atomic E-state index is 12.5. The van der Waals surface area contributed by atoms with Crippen LogP contribution in [0.5, 0.6) is 23.0 Å². The number of aryl methyl sites for hydroxylation is 2. The van der Waals surface area contributed by atoms with Gasteiger partial charge >= 0.3 is 0 Å². The van der Waals surface area contributed by atoms with Crippen LogP contribution in [0.15, 0.2) is 24.3 Å². The Morgan fingerprint density at radius 3 is 2.25 bits per heavy atom. The van der Waals surface area contributed by atoms with Crippen molar-refractivity contribution >= 4 is 5.91 Å². The summed E-state index contributed by atoms with van der Waals surface area (Å²) >= 11 is 0. The molecule has 0 aliphatic carbocycles. The second-order valence-electron chi connectivity index (χ2n) is 6.68. The van der Waals surface area contributed by atoms with Gasteiger partial charge in [0, 0.05) is 12.1 Å². The highest BCUT2D eigenvalue weighted by Crippen LogP contribution is 2.39. The van der Waals surface area contributed by atoms with Crippen LogP contribution in [-0.4, -0.2) is 33.3 Å². The summed E-state index contributed by atoms with van der Waals surface area (Å²) in [7, 11) is 4.66. The van der Waals surface area contributed by atoms with Crippen LogP contribution in [-0.2, 0) is 11.3 Å². The van der Waals surface area contributed by atoms with Crippen LogP contribution in [0, 0.1) is 20.8 Å². The number of hydrogen-bond acceptors (Lipinski definition) is 5. The summed E-state index contributed by atoms with van der Waals surface area (Å²) < 4.78 is 22.0. The molecule has 0 saturated carbocycles. The van der Waals surface area contributed by atoms with E-state index in [2.05, 4.69) is 11.4 Å². The van der Waals surface area contributed by atoms with E-state index >= 15 is 0 Å². The van der Waals surface area contributed by atoms with Gasteiger partial charge in [0.05, 0.1) is 21.3 Å². The molecule has 0 fully saturated rings. The van der Waals surface area contributed by atoms with Crippen LogP contribution in [0.4, 0.5) is 0 Å². The molecule has 0 aliphatic heterocycles. The van der Waals surface area contributed by atoms with E-state index in [1.807, 2.05) is 32.9 Å². The fraction of sp³-hybridized carbons (Fsp3) is 0.409. The topological polar surface area (TPSA) is 66.0 Å². The third kappa shape index (κ3) is 4.68. The fourth-order valence-corrected chi connectivity index (χ4v) is 3.00. The molecule has 0 bridgehead atoms. The van der Waals surface area contributed by atoms with Crippen LogP contribution in [0.3, 0.4) is 0 Å². The van der Waals surface area contributed by atoms with Crippen molar-refractivity contribution in [1.82, 2.24) is 5.32 Å². The average molecular weight is 387 g/mol. The quantitative estimate of drug-likeness (QED) is 0.748. The molecule has 0 radical (unpaired) electrons. The molecule has 2 aromatic rings. The van der Waals surface area contributed by atoms with E-state index in [9.17, 15) is 4.79 Å². The third-order valence-corrected chi connectivity index (χ3v) is 4.68. The maximum atomic E-state index is 12.5. The van der Waals surface area contributed by atoms with Gasteiger partial charge in [-0.05, 0) is 62.6 Å². The molecule has 0 aromatic heterocycles. The van der Waals surface area contributed by atoms with E-state index < -0.39 is 6.10 Å². The number of rotatable bonds is 8. The van der Waals surface area contributed by atoms with Crippen LogP contribution in [0.1, 0.15) is 29.2 Å². The Morgan fingerprint density at radius 2 is 1.64 bits per heavy atom.